The summed E-state index contributed by atoms with van der Waals surface area (Å²) < 4.78 is 19.1. The van der Waals surface area contributed by atoms with Gasteiger partial charge < -0.3 is 4.74 Å². The molecule has 0 aliphatic heterocycles. The van der Waals surface area contributed by atoms with Gasteiger partial charge in [-0.3, -0.25) is 0 Å². The van der Waals surface area contributed by atoms with E-state index in [0.717, 1.165) is 10.6 Å². The smallest absolute Gasteiger partial charge is 0.250 e. The lowest BCUT2D eigenvalue weighted by atomic mass is 10.3. The van der Waals surface area contributed by atoms with Gasteiger partial charge in [-0.25, -0.2) is 14.4 Å². The Morgan fingerprint density at radius 3 is 2.94 bits per heavy atom. The topological polar surface area (TPSA) is 35.0 Å². The number of nitrogens with zero attached hydrogens (tertiary/aromatic N) is 2. The van der Waals surface area contributed by atoms with Crippen LogP contribution in [0.5, 0.6) is 5.88 Å². The van der Waals surface area contributed by atoms with E-state index in [0.29, 0.717) is 18.6 Å². The molecule has 6 heteroatoms. The van der Waals surface area contributed by atoms with Crippen molar-refractivity contribution in [3.63, 3.8) is 0 Å². The Bertz CT molecular complexity index is 533. The van der Waals surface area contributed by atoms with Crippen molar-refractivity contribution < 1.29 is 9.13 Å². The number of aromatic nitrogens is 2. The molecule has 96 valence electrons. The summed E-state index contributed by atoms with van der Waals surface area (Å²) in [4.78, 5) is 9.15. The van der Waals surface area contributed by atoms with Crippen molar-refractivity contribution in [2.45, 2.75) is 19.2 Å². The van der Waals surface area contributed by atoms with E-state index in [4.69, 9.17) is 16.3 Å². The van der Waals surface area contributed by atoms with E-state index in [9.17, 15) is 4.39 Å². The standard InChI is InChI=1S/C12H12ClFN2OS/c1-8-10(18-7-16-8)3-5-17-12-11(14)9(6-13)2-4-15-12/h2,4,7H,3,5-6H2,1H3. The van der Waals surface area contributed by atoms with Crippen molar-refractivity contribution in [3.05, 3.63) is 39.7 Å². The monoisotopic (exact) mass is 286 g/mol. The maximum Gasteiger partial charge on any atom is 0.250 e. The minimum absolute atomic E-state index is 0.00955. The van der Waals surface area contributed by atoms with Crippen molar-refractivity contribution >= 4 is 22.9 Å². The number of hydrogen-bond acceptors (Lipinski definition) is 4. The van der Waals surface area contributed by atoms with E-state index >= 15 is 0 Å². The summed E-state index contributed by atoms with van der Waals surface area (Å²) in [6.07, 6.45) is 2.19. The number of pyridine rings is 1. The van der Waals surface area contributed by atoms with E-state index in [-0.39, 0.29) is 11.8 Å². The first-order valence-corrected chi connectivity index (χ1v) is 6.85. The van der Waals surface area contributed by atoms with E-state index in [1.807, 2.05) is 6.92 Å². The molecule has 2 aromatic heterocycles. The Kier molecular flexibility index (Phi) is 4.49. The largest absolute Gasteiger partial charge is 0.475 e. The molecule has 0 atom stereocenters. The van der Waals surface area contributed by atoms with Gasteiger partial charge >= 0.3 is 0 Å². The van der Waals surface area contributed by atoms with Crippen LogP contribution in [0.2, 0.25) is 0 Å². The normalized spacial score (nSPS) is 10.6. The molecule has 0 radical (unpaired) electrons. The summed E-state index contributed by atoms with van der Waals surface area (Å²) in [6, 6.07) is 1.54. The summed E-state index contributed by atoms with van der Waals surface area (Å²) in [6.45, 7) is 2.32. The zero-order valence-corrected chi connectivity index (χ0v) is 11.4. The molecule has 2 aromatic rings. The highest BCUT2D eigenvalue weighted by atomic mass is 35.5. The second-order valence-corrected chi connectivity index (χ2v) is 4.89. The number of halogens is 2. The molecule has 0 saturated heterocycles. The summed E-state index contributed by atoms with van der Waals surface area (Å²) >= 11 is 7.18. The summed E-state index contributed by atoms with van der Waals surface area (Å²) in [5, 5.41) is 0. The Hall–Kier alpha value is -1.20. The van der Waals surface area contributed by atoms with Gasteiger partial charge in [0.15, 0.2) is 5.82 Å². The molecule has 3 nitrogen and oxygen atoms in total. The van der Waals surface area contributed by atoms with Gasteiger partial charge in [0.25, 0.3) is 5.88 Å². The van der Waals surface area contributed by atoms with E-state index in [1.165, 1.54) is 6.20 Å². The van der Waals surface area contributed by atoms with Gasteiger partial charge in [0.1, 0.15) is 0 Å². The lowest BCUT2D eigenvalue weighted by Gasteiger charge is -2.07. The lowest BCUT2D eigenvalue weighted by Crippen LogP contribution is -2.05. The molecule has 18 heavy (non-hydrogen) atoms. The first-order valence-electron chi connectivity index (χ1n) is 5.43. The predicted octanol–water partition coefficient (Wildman–Crippen LogP) is 3.35. The highest BCUT2D eigenvalue weighted by molar-refractivity contribution is 7.09. The van der Waals surface area contributed by atoms with Crippen molar-refractivity contribution in [3.8, 4) is 5.88 Å². The van der Waals surface area contributed by atoms with Gasteiger partial charge in [-0.15, -0.1) is 22.9 Å². The molecule has 0 aliphatic carbocycles. The number of aryl methyl sites for hydroxylation is 1. The maximum atomic E-state index is 13.7. The van der Waals surface area contributed by atoms with E-state index in [2.05, 4.69) is 9.97 Å². The molecular formula is C12H12ClFN2OS. The van der Waals surface area contributed by atoms with E-state index in [1.54, 1.807) is 22.9 Å². The third-order valence-electron chi connectivity index (χ3n) is 2.49. The highest BCUT2D eigenvalue weighted by Gasteiger charge is 2.10. The van der Waals surface area contributed by atoms with Gasteiger partial charge in [-0.2, -0.15) is 0 Å². The Balaban J connectivity index is 1.96. The zero-order valence-electron chi connectivity index (χ0n) is 9.82. The Morgan fingerprint density at radius 2 is 2.28 bits per heavy atom. The van der Waals surface area contributed by atoms with Crippen LogP contribution in [0.1, 0.15) is 16.1 Å². The molecule has 0 aromatic carbocycles. The molecule has 0 amide bonds. The van der Waals surface area contributed by atoms with Crippen LogP contribution >= 0.6 is 22.9 Å². The number of thiazole rings is 1. The quantitative estimate of drug-likeness (QED) is 0.791. The van der Waals surface area contributed by atoms with Crippen molar-refractivity contribution in [2.24, 2.45) is 0 Å². The fraction of sp³-hybridized carbons (Fsp3) is 0.333. The predicted molar refractivity (Wildman–Crippen MR) is 69.8 cm³/mol. The molecule has 0 bridgehead atoms. The van der Waals surface area contributed by atoms with Gasteiger partial charge in [-0.1, -0.05) is 0 Å². The molecule has 0 aliphatic rings. The second kappa shape index (κ2) is 6.11. The molecule has 2 heterocycles. The van der Waals surface area contributed by atoms with Crippen LogP contribution in [0.25, 0.3) is 0 Å². The Morgan fingerprint density at radius 1 is 1.44 bits per heavy atom. The Labute approximate surface area is 114 Å². The molecule has 0 spiro atoms. The first kappa shape index (κ1) is 13.2. The van der Waals surface area contributed by atoms with Gasteiger partial charge in [0.2, 0.25) is 0 Å². The SMILES string of the molecule is Cc1ncsc1CCOc1nccc(CCl)c1F. The maximum absolute atomic E-state index is 13.7. The van der Waals surface area contributed by atoms with Crippen LogP contribution in [0.15, 0.2) is 17.8 Å². The highest BCUT2D eigenvalue weighted by Crippen LogP contribution is 2.19. The van der Waals surface area contributed by atoms with Crippen molar-refractivity contribution in [1.82, 2.24) is 9.97 Å². The average Bonchev–Trinajstić information content (AvgIpc) is 2.77. The number of alkyl halides is 1. The van der Waals surface area contributed by atoms with Crippen molar-refractivity contribution in [1.29, 1.82) is 0 Å². The summed E-state index contributed by atoms with van der Waals surface area (Å²) in [5.74, 6) is -0.359. The molecule has 0 fully saturated rings. The molecular weight excluding hydrogens is 275 g/mol. The number of hydrogen-bond donors (Lipinski definition) is 0. The van der Waals surface area contributed by atoms with Crippen LogP contribution in [0.4, 0.5) is 4.39 Å². The van der Waals surface area contributed by atoms with Crippen LogP contribution < -0.4 is 4.74 Å². The lowest BCUT2D eigenvalue weighted by molar-refractivity contribution is 0.292. The van der Waals surface area contributed by atoms with Crippen LogP contribution in [0, 0.1) is 12.7 Å². The van der Waals surface area contributed by atoms with Gasteiger partial charge in [0.05, 0.1) is 23.7 Å². The fourth-order valence-electron chi connectivity index (χ4n) is 1.47. The van der Waals surface area contributed by atoms with E-state index < -0.39 is 5.82 Å². The number of ether oxygens (including phenoxy) is 1. The minimum Gasteiger partial charge on any atom is -0.475 e. The average molecular weight is 287 g/mol. The fourth-order valence-corrected chi connectivity index (χ4v) is 2.44. The summed E-state index contributed by atoms with van der Waals surface area (Å²) in [7, 11) is 0. The van der Waals surface area contributed by atoms with Crippen LogP contribution in [-0.2, 0) is 12.3 Å². The van der Waals surface area contributed by atoms with Gasteiger partial charge in [-0.05, 0) is 13.0 Å². The second-order valence-electron chi connectivity index (χ2n) is 3.68. The number of rotatable bonds is 5. The third-order valence-corrected chi connectivity index (χ3v) is 3.78. The van der Waals surface area contributed by atoms with Crippen LogP contribution in [0.3, 0.4) is 0 Å². The molecule has 2 rings (SSSR count). The zero-order chi connectivity index (χ0) is 13.0. The summed E-state index contributed by atoms with van der Waals surface area (Å²) in [5.41, 5.74) is 3.18. The third kappa shape index (κ3) is 2.97. The van der Waals surface area contributed by atoms with Gasteiger partial charge in [0, 0.05) is 23.1 Å². The van der Waals surface area contributed by atoms with Crippen molar-refractivity contribution in [2.75, 3.05) is 6.61 Å². The molecule has 0 saturated carbocycles. The first-order chi connectivity index (χ1) is 8.72. The molecule has 0 N–H and O–H groups in total. The minimum atomic E-state index is -0.478. The van der Waals surface area contributed by atoms with Crippen LogP contribution in [-0.4, -0.2) is 16.6 Å². The molecule has 0 unspecified atom stereocenters.